The first-order valence-corrected chi connectivity index (χ1v) is 5.50. The molecule has 0 aliphatic rings. The highest BCUT2D eigenvalue weighted by Crippen LogP contribution is 2.06. The van der Waals surface area contributed by atoms with E-state index in [-0.39, 0.29) is 0 Å². The lowest BCUT2D eigenvalue weighted by Crippen LogP contribution is -1.78. The maximum absolute atomic E-state index is 2.22. The van der Waals surface area contributed by atoms with Crippen molar-refractivity contribution >= 4 is 0 Å². The second kappa shape index (κ2) is 6.64. The van der Waals surface area contributed by atoms with Crippen LogP contribution in [0.4, 0.5) is 0 Å². The maximum atomic E-state index is 2.22. The van der Waals surface area contributed by atoms with Crippen molar-refractivity contribution in [1.82, 2.24) is 0 Å². The molecule has 0 spiro atoms. The molecule has 1 aromatic rings. The van der Waals surface area contributed by atoms with Gasteiger partial charge in [-0.25, -0.2) is 0 Å². The summed E-state index contributed by atoms with van der Waals surface area (Å²) in [5, 5.41) is 0. The summed E-state index contributed by atoms with van der Waals surface area (Å²) >= 11 is 0. The van der Waals surface area contributed by atoms with Crippen LogP contribution in [0.5, 0.6) is 0 Å². The molecular formula is C14H24. The van der Waals surface area contributed by atoms with E-state index in [4.69, 9.17) is 0 Å². The van der Waals surface area contributed by atoms with Gasteiger partial charge in [0.05, 0.1) is 0 Å². The lowest BCUT2D eigenvalue weighted by atomic mass is 10.1. The second-order valence-electron chi connectivity index (χ2n) is 4.47. The number of hydrogen-bond donors (Lipinski definition) is 0. The van der Waals surface area contributed by atoms with E-state index in [1.807, 2.05) is 0 Å². The fourth-order valence-corrected chi connectivity index (χ4v) is 1.20. The third-order valence-electron chi connectivity index (χ3n) is 2.18. The van der Waals surface area contributed by atoms with Gasteiger partial charge in [0.1, 0.15) is 0 Å². The van der Waals surface area contributed by atoms with Crippen LogP contribution in [0.15, 0.2) is 18.2 Å². The van der Waals surface area contributed by atoms with Crippen LogP contribution in [0.2, 0.25) is 0 Å². The molecule has 0 heteroatoms. The Balaban J connectivity index is 0.000000292. The highest BCUT2D eigenvalue weighted by Gasteiger charge is 1.87. The summed E-state index contributed by atoms with van der Waals surface area (Å²) in [6, 6.07) is 6.56. The van der Waals surface area contributed by atoms with Gasteiger partial charge in [0, 0.05) is 0 Å². The first-order valence-electron chi connectivity index (χ1n) is 5.50. The van der Waals surface area contributed by atoms with Crippen LogP contribution in [-0.2, 0) is 0 Å². The molecule has 0 saturated carbocycles. The highest BCUT2D eigenvalue weighted by molar-refractivity contribution is 5.27. The first kappa shape index (κ1) is 13.2. The van der Waals surface area contributed by atoms with Crippen molar-refractivity contribution in [3.63, 3.8) is 0 Å². The fourth-order valence-electron chi connectivity index (χ4n) is 1.20. The molecule has 0 atom stereocenters. The summed E-state index contributed by atoms with van der Waals surface area (Å²) in [4.78, 5) is 0. The Morgan fingerprint density at radius 2 is 1.07 bits per heavy atom. The fraction of sp³-hybridized carbons (Fsp3) is 0.571. The zero-order valence-electron chi connectivity index (χ0n) is 10.5. The molecule has 1 aromatic carbocycles. The molecule has 0 saturated heterocycles. The molecular weight excluding hydrogens is 168 g/mol. The average Bonchev–Trinajstić information content (AvgIpc) is 2.02. The molecule has 14 heavy (non-hydrogen) atoms. The Morgan fingerprint density at radius 1 is 0.857 bits per heavy atom. The van der Waals surface area contributed by atoms with Gasteiger partial charge in [0.2, 0.25) is 0 Å². The van der Waals surface area contributed by atoms with E-state index in [0.29, 0.717) is 0 Å². The Hall–Kier alpha value is -0.780. The topological polar surface area (TPSA) is 0 Å². The summed E-state index contributed by atoms with van der Waals surface area (Å²) in [7, 11) is 0. The van der Waals surface area contributed by atoms with Gasteiger partial charge in [-0.05, 0) is 26.7 Å². The third-order valence-corrected chi connectivity index (χ3v) is 2.18. The van der Waals surface area contributed by atoms with E-state index in [9.17, 15) is 0 Å². The van der Waals surface area contributed by atoms with Crippen LogP contribution < -0.4 is 0 Å². The molecule has 0 aliphatic carbocycles. The monoisotopic (exact) mass is 192 g/mol. The number of benzene rings is 1. The van der Waals surface area contributed by atoms with Gasteiger partial charge in [-0.1, -0.05) is 62.1 Å². The Bertz CT molecular complexity index is 208. The highest BCUT2D eigenvalue weighted by atomic mass is 13.9. The van der Waals surface area contributed by atoms with Crippen molar-refractivity contribution < 1.29 is 0 Å². The van der Waals surface area contributed by atoms with Crippen LogP contribution in [0, 0.1) is 26.7 Å². The molecule has 80 valence electrons. The number of rotatable bonds is 1. The van der Waals surface area contributed by atoms with Crippen molar-refractivity contribution in [2.24, 2.45) is 5.92 Å². The molecule has 0 unspecified atom stereocenters. The Morgan fingerprint density at radius 3 is 1.21 bits per heavy atom. The smallest absolute Gasteiger partial charge is 0.0398 e. The van der Waals surface area contributed by atoms with Crippen LogP contribution in [-0.4, -0.2) is 0 Å². The minimum absolute atomic E-state index is 0.884. The van der Waals surface area contributed by atoms with E-state index < -0.39 is 0 Å². The lowest BCUT2D eigenvalue weighted by molar-refractivity contribution is 0.626. The van der Waals surface area contributed by atoms with Crippen LogP contribution >= 0.6 is 0 Å². The molecule has 0 heterocycles. The maximum Gasteiger partial charge on any atom is -0.0398 e. The SMILES string of the molecule is CCC(C)C.Cc1cc(C)cc(C)c1. The standard InChI is InChI=1S/C9H12.C5H12/c1-7-4-8(2)6-9(3)5-7;1-4-5(2)3/h4-6H,1-3H3;5H,4H2,1-3H3. The average molecular weight is 192 g/mol. The Kier molecular flexibility index (Phi) is 6.27. The summed E-state index contributed by atoms with van der Waals surface area (Å²) in [5.41, 5.74) is 4.06. The zero-order valence-corrected chi connectivity index (χ0v) is 10.5. The number of aryl methyl sites for hydroxylation is 3. The summed E-state index contributed by atoms with van der Waals surface area (Å²) in [5.74, 6) is 0.884. The predicted octanol–water partition coefficient (Wildman–Crippen LogP) is 4.66. The molecule has 0 aliphatic heterocycles. The van der Waals surface area contributed by atoms with E-state index in [0.717, 1.165) is 5.92 Å². The van der Waals surface area contributed by atoms with Crippen molar-refractivity contribution in [3.8, 4) is 0 Å². The number of hydrogen-bond acceptors (Lipinski definition) is 0. The molecule has 0 nitrogen and oxygen atoms in total. The quantitative estimate of drug-likeness (QED) is 0.607. The van der Waals surface area contributed by atoms with Gasteiger partial charge in [-0.2, -0.15) is 0 Å². The third kappa shape index (κ3) is 6.71. The minimum Gasteiger partial charge on any atom is -0.0651 e. The van der Waals surface area contributed by atoms with Gasteiger partial charge >= 0.3 is 0 Å². The first-order chi connectivity index (χ1) is 6.45. The van der Waals surface area contributed by atoms with Crippen LogP contribution in [0.1, 0.15) is 43.9 Å². The molecule has 1 rings (SSSR count). The molecule has 0 N–H and O–H groups in total. The summed E-state index contributed by atoms with van der Waals surface area (Å²) in [6.07, 6.45) is 1.31. The van der Waals surface area contributed by atoms with Crippen molar-refractivity contribution in [1.29, 1.82) is 0 Å². The summed E-state index contributed by atoms with van der Waals surface area (Å²) in [6.45, 7) is 13.0. The lowest BCUT2D eigenvalue weighted by Gasteiger charge is -1.96. The second-order valence-corrected chi connectivity index (χ2v) is 4.47. The van der Waals surface area contributed by atoms with Gasteiger partial charge in [-0.15, -0.1) is 0 Å². The molecule has 0 fully saturated rings. The van der Waals surface area contributed by atoms with Crippen molar-refractivity contribution in [2.75, 3.05) is 0 Å². The molecule has 0 radical (unpaired) electrons. The van der Waals surface area contributed by atoms with E-state index in [1.54, 1.807) is 0 Å². The van der Waals surface area contributed by atoms with E-state index >= 15 is 0 Å². The minimum atomic E-state index is 0.884. The van der Waals surface area contributed by atoms with Crippen LogP contribution in [0.3, 0.4) is 0 Å². The van der Waals surface area contributed by atoms with Gasteiger partial charge in [0.25, 0.3) is 0 Å². The largest absolute Gasteiger partial charge is 0.0651 e. The molecule has 0 aromatic heterocycles. The normalized spacial score (nSPS) is 9.64. The van der Waals surface area contributed by atoms with Crippen molar-refractivity contribution in [2.45, 2.75) is 48.0 Å². The molecule has 0 bridgehead atoms. The van der Waals surface area contributed by atoms with Gasteiger partial charge in [-0.3, -0.25) is 0 Å². The predicted molar refractivity (Wildman–Crippen MR) is 65.8 cm³/mol. The molecule has 0 amide bonds. The van der Waals surface area contributed by atoms with Gasteiger partial charge < -0.3 is 0 Å². The van der Waals surface area contributed by atoms with Gasteiger partial charge in [0.15, 0.2) is 0 Å². The van der Waals surface area contributed by atoms with Crippen molar-refractivity contribution in [3.05, 3.63) is 34.9 Å². The zero-order chi connectivity index (χ0) is 11.1. The Labute approximate surface area is 89.4 Å². The van der Waals surface area contributed by atoms with E-state index in [2.05, 4.69) is 59.7 Å². The summed E-state index contributed by atoms with van der Waals surface area (Å²) < 4.78 is 0. The van der Waals surface area contributed by atoms with Crippen LogP contribution in [0.25, 0.3) is 0 Å². The van der Waals surface area contributed by atoms with E-state index in [1.165, 1.54) is 23.1 Å².